The minimum absolute atomic E-state index is 0.112. The molecule has 0 bridgehead atoms. The first kappa shape index (κ1) is 17.5. The maximum atomic E-state index is 11.7. The number of carbonyl (C=O) groups is 3. The molecular formula is C15H20N2O5. The van der Waals surface area contributed by atoms with Gasteiger partial charge in [0, 0.05) is 17.8 Å². The van der Waals surface area contributed by atoms with E-state index in [1.807, 2.05) is 0 Å². The van der Waals surface area contributed by atoms with Crippen LogP contribution >= 0.6 is 0 Å². The van der Waals surface area contributed by atoms with Gasteiger partial charge in [0.15, 0.2) is 0 Å². The summed E-state index contributed by atoms with van der Waals surface area (Å²) < 4.78 is 5.12. The highest BCUT2D eigenvalue weighted by Crippen LogP contribution is 2.17. The van der Waals surface area contributed by atoms with Crippen LogP contribution in [0.15, 0.2) is 24.3 Å². The molecule has 0 aliphatic carbocycles. The standard InChI is InChI=1S/C15H20N2O5/c1-15(2,3)22-14(21)17-11-6-4-5-10(9-11)16-12(18)7-8-13(19)20/h4-6,9H,7-8H2,1-3H3,(H,16,18)(H,17,21)(H,19,20). The van der Waals surface area contributed by atoms with E-state index in [0.717, 1.165) is 0 Å². The van der Waals surface area contributed by atoms with E-state index in [0.29, 0.717) is 11.4 Å². The first-order chi connectivity index (χ1) is 10.2. The van der Waals surface area contributed by atoms with Crippen molar-refractivity contribution in [1.29, 1.82) is 0 Å². The first-order valence-electron chi connectivity index (χ1n) is 6.77. The summed E-state index contributed by atoms with van der Waals surface area (Å²) in [5.74, 6) is -1.44. The van der Waals surface area contributed by atoms with Crippen LogP contribution in [0.2, 0.25) is 0 Å². The lowest BCUT2D eigenvalue weighted by atomic mass is 10.2. The van der Waals surface area contributed by atoms with Gasteiger partial charge in [-0.1, -0.05) is 6.07 Å². The number of ether oxygens (including phenoxy) is 1. The number of nitrogens with one attached hydrogen (secondary N) is 2. The zero-order valence-corrected chi connectivity index (χ0v) is 12.8. The van der Waals surface area contributed by atoms with E-state index in [2.05, 4.69) is 10.6 Å². The molecule has 22 heavy (non-hydrogen) atoms. The third kappa shape index (κ3) is 7.28. The van der Waals surface area contributed by atoms with Crippen molar-refractivity contribution < 1.29 is 24.2 Å². The van der Waals surface area contributed by atoms with Gasteiger partial charge in [0.2, 0.25) is 5.91 Å². The molecule has 0 unspecified atom stereocenters. The summed E-state index contributed by atoms with van der Waals surface area (Å²) in [5.41, 5.74) is 0.321. The molecule has 0 aromatic heterocycles. The van der Waals surface area contributed by atoms with Crippen LogP contribution in [0.1, 0.15) is 33.6 Å². The third-order valence-electron chi connectivity index (χ3n) is 2.36. The molecule has 0 aliphatic heterocycles. The highest BCUT2D eigenvalue weighted by atomic mass is 16.6. The van der Waals surface area contributed by atoms with E-state index in [1.165, 1.54) is 0 Å². The van der Waals surface area contributed by atoms with Gasteiger partial charge in [-0.05, 0) is 39.0 Å². The average molecular weight is 308 g/mol. The Labute approximate surface area is 128 Å². The van der Waals surface area contributed by atoms with E-state index < -0.39 is 23.6 Å². The second-order valence-corrected chi connectivity index (χ2v) is 5.65. The van der Waals surface area contributed by atoms with Gasteiger partial charge in [-0.15, -0.1) is 0 Å². The lowest BCUT2D eigenvalue weighted by molar-refractivity contribution is -0.138. The second-order valence-electron chi connectivity index (χ2n) is 5.65. The lowest BCUT2D eigenvalue weighted by Crippen LogP contribution is -2.27. The lowest BCUT2D eigenvalue weighted by Gasteiger charge is -2.19. The first-order valence-corrected chi connectivity index (χ1v) is 6.77. The number of anilines is 2. The Hall–Kier alpha value is -2.57. The predicted molar refractivity (Wildman–Crippen MR) is 81.8 cm³/mol. The van der Waals surface area contributed by atoms with Crippen molar-refractivity contribution in [1.82, 2.24) is 0 Å². The van der Waals surface area contributed by atoms with E-state index >= 15 is 0 Å². The van der Waals surface area contributed by atoms with Crippen molar-refractivity contribution in [3.05, 3.63) is 24.3 Å². The Balaban J connectivity index is 2.60. The fourth-order valence-corrected chi connectivity index (χ4v) is 1.54. The van der Waals surface area contributed by atoms with Gasteiger partial charge >= 0.3 is 12.1 Å². The number of aliphatic carboxylic acids is 1. The fourth-order valence-electron chi connectivity index (χ4n) is 1.54. The average Bonchev–Trinajstić information content (AvgIpc) is 2.34. The van der Waals surface area contributed by atoms with E-state index in [9.17, 15) is 14.4 Å². The molecule has 0 saturated heterocycles. The summed E-state index contributed by atoms with van der Waals surface area (Å²) >= 11 is 0. The predicted octanol–water partition coefficient (Wildman–Crippen LogP) is 2.84. The number of carbonyl (C=O) groups excluding carboxylic acids is 2. The summed E-state index contributed by atoms with van der Waals surface area (Å²) in [7, 11) is 0. The Morgan fingerprint density at radius 2 is 1.68 bits per heavy atom. The monoisotopic (exact) mass is 308 g/mol. The number of rotatable bonds is 5. The molecule has 1 aromatic carbocycles. The van der Waals surface area contributed by atoms with Gasteiger partial charge in [0.05, 0.1) is 6.42 Å². The van der Waals surface area contributed by atoms with Crippen molar-refractivity contribution in [2.45, 2.75) is 39.2 Å². The summed E-state index contributed by atoms with van der Waals surface area (Å²) in [6.07, 6.45) is -0.942. The molecule has 120 valence electrons. The highest BCUT2D eigenvalue weighted by molar-refractivity contribution is 5.93. The normalized spacial score (nSPS) is 10.7. The number of carboxylic acid groups (broad SMARTS) is 1. The van der Waals surface area contributed by atoms with E-state index in [1.54, 1.807) is 45.0 Å². The number of benzene rings is 1. The largest absolute Gasteiger partial charge is 0.481 e. The van der Waals surface area contributed by atoms with Crippen molar-refractivity contribution in [2.24, 2.45) is 0 Å². The molecule has 0 spiro atoms. The summed E-state index contributed by atoms with van der Waals surface area (Å²) in [6.45, 7) is 5.27. The molecule has 7 heteroatoms. The van der Waals surface area contributed by atoms with Crippen molar-refractivity contribution in [2.75, 3.05) is 10.6 Å². The Morgan fingerprint density at radius 3 is 2.23 bits per heavy atom. The van der Waals surface area contributed by atoms with E-state index in [4.69, 9.17) is 9.84 Å². The van der Waals surface area contributed by atoms with Gasteiger partial charge in [0.25, 0.3) is 0 Å². The molecule has 0 heterocycles. The molecule has 0 radical (unpaired) electrons. The number of carboxylic acids is 1. The van der Waals surface area contributed by atoms with Gasteiger partial charge in [-0.3, -0.25) is 14.9 Å². The van der Waals surface area contributed by atoms with Crippen molar-refractivity contribution in [3.63, 3.8) is 0 Å². The van der Waals surface area contributed by atoms with Crippen LogP contribution in [-0.4, -0.2) is 28.7 Å². The minimum atomic E-state index is -1.03. The smallest absolute Gasteiger partial charge is 0.412 e. The molecular weight excluding hydrogens is 288 g/mol. The molecule has 1 aromatic rings. The second kappa shape index (κ2) is 7.44. The third-order valence-corrected chi connectivity index (χ3v) is 2.36. The maximum Gasteiger partial charge on any atom is 0.412 e. The molecule has 1 rings (SSSR count). The number of hydrogen-bond acceptors (Lipinski definition) is 4. The van der Waals surface area contributed by atoms with Crippen LogP contribution < -0.4 is 10.6 Å². The Morgan fingerprint density at radius 1 is 1.09 bits per heavy atom. The Kier molecular flexibility index (Phi) is 5.91. The van der Waals surface area contributed by atoms with Crippen LogP contribution in [0, 0.1) is 0 Å². The van der Waals surface area contributed by atoms with Gasteiger partial charge < -0.3 is 15.2 Å². The SMILES string of the molecule is CC(C)(C)OC(=O)Nc1cccc(NC(=O)CCC(=O)O)c1. The fraction of sp³-hybridized carbons (Fsp3) is 0.400. The quantitative estimate of drug-likeness (QED) is 0.775. The van der Waals surface area contributed by atoms with Crippen LogP contribution in [0.25, 0.3) is 0 Å². The summed E-state index contributed by atoms with van der Waals surface area (Å²) in [6, 6.07) is 6.50. The molecule has 2 amide bonds. The maximum absolute atomic E-state index is 11.7. The zero-order valence-electron chi connectivity index (χ0n) is 12.8. The molecule has 7 nitrogen and oxygen atoms in total. The van der Waals surface area contributed by atoms with Gasteiger partial charge in [0.1, 0.15) is 5.60 Å². The molecule has 0 atom stereocenters. The van der Waals surface area contributed by atoms with Crippen LogP contribution in [0.4, 0.5) is 16.2 Å². The molecule has 0 aliphatic rings. The highest BCUT2D eigenvalue weighted by Gasteiger charge is 2.16. The van der Waals surface area contributed by atoms with Crippen LogP contribution in [-0.2, 0) is 14.3 Å². The molecule has 3 N–H and O–H groups in total. The molecule has 0 fully saturated rings. The zero-order chi connectivity index (χ0) is 16.8. The number of hydrogen-bond donors (Lipinski definition) is 3. The topological polar surface area (TPSA) is 105 Å². The van der Waals surface area contributed by atoms with Crippen LogP contribution in [0.5, 0.6) is 0 Å². The molecule has 0 saturated carbocycles. The minimum Gasteiger partial charge on any atom is -0.481 e. The van der Waals surface area contributed by atoms with Gasteiger partial charge in [-0.25, -0.2) is 4.79 Å². The summed E-state index contributed by atoms with van der Waals surface area (Å²) in [4.78, 5) is 33.6. The van der Waals surface area contributed by atoms with Crippen LogP contribution in [0.3, 0.4) is 0 Å². The Bertz CT molecular complexity index is 563. The van der Waals surface area contributed by atoms with E-state index in [-0.39, 0.29) is 12.8 Å². The van der Waals surface area contributed by atoms with Crippen molar-refractivity contribution in [3.8, 4) is 0 Å². The number of amides is 2. The summed E-state index contributed by atoms with van der Waals surface area (Å²) in [5, 5.41) is 13.6. The van der Waals surface area contributed by atoms with Crippen molar-refractivity contribution >= 4 is 29.3 Å². The van der Waals surface area contributed by atoms with Gasteiger partial charge in [-0.2, -0.15) is 0 Å².